The minimum absolute atomic E-state index is 0.154. The van der Waals surface area contributed by atoms with E-state index in [4.69, 9.17) is 0 Å². The second kappa shape index (κ2) is 2.59. The number of fused-ring (bicyclic) bond motifs is 2. The first-order valence-electron chi connectivity index (χ1n) is 4.28. The fraction of sp³-hybridized carbons (Fsp3) is 0.667. The average Bonchev–Trinajstić information content (AvgIpc) is 2.60. The number of Topliss-reactive ketones (excluding diaryl/α,β-unsaturated/α-hetero) is 1. The van der Waals surface area contributed by atoms with E-state index >= 15 is 0 Å². The van der Waals surface area contributed by atoms with Gasteiger partial charge < -0.3 is 0 Å². The van der Waals surface area contributed by atoms with Crippen LogP contribution in [-0.4, -0.2) is 12.0 Å². The van der Waals surface area contributed by atoms with Crippen LogP contribution in [-0.2, 0) is 4.79 Å². The summed E-state index contributed by atoms with van der Waals surface area (Å²) in [4.78, 5) is 10.9. The van der Waals surface area contributed by atoms with Gasteiger partial charge in [0, 0.05) is 5.92 Å². The van der Waals surface area contributed by atoms with E-state index in [1.165, 1.54) is 0 Å². The maximum Gasteiger partial charge on any atom is 0.450 e. The van der Waals surface area contributed by atoms with Crippen molar-refractivity contribution < 1.29 is 18.0 Å². The van der Waals surface area contributed by atoms with Crippen LogP contribution < -0.4 is 0 Å². The maximum absolute atomic E-state index is 12.1. The summed E-state index contributed by atoms with van der Waals surface area (Å²) in [6.07, 6.45) is 0.141. The van der Waals surface area contributed by atoms with E-state index in [0.29, 0.717) is 6.42 Å². The highest BCUT2D eigenvalue weighted by Gasteiger charge is 2.50. The van der Waals surface area contributed by atoms with Crippen LogP contribution in [0.1, 0.15) is 12.8 Å². The van der Waals surface area contributed by atoms with Gasteiger partial charge in [-0.05, 0) is 24.7 Å². The van der Waals surface area contributed by atoms with Gasteiger partial charge in [0.1, 0.15) is 0 Å². The summed E-state index contributed by atoms with van der Waals surface area (Å²) in [5.41, 5.74) is 0. The Morgan fingerprint density at radius 1 is 1.23 bits per heavy atom. The van der Waals surface area contributed by atoms with Crippen LogP contribution in [0.15, 0.2) is 12.2 Å². The van der Waals surface area contributed by atoms with E-state index in [1.807, 2.05) is 6.08 Å². The molecular formula is C9H9F3O. The van der Waals surface area contributed by atoms with E-state index in [-0.39, 0.29) is 11.8 Å². The van der Waals surface area contributed by atoms with E-state index in [1.54, 1.807) is 6.08 Å². The van der Waals surface area contributed by atoms with Gasteiger partial charge in [0.15, 0.2) is 0 Å². The van der Waals surface area contributed by atoms with Gasteiger partial charge in [-0.15, -0.1) is 0 Å². The predicted octanol–water partition coefficient (Wildman–Crippen LogP) is 2.33. The largest absolute Gasteiger partial charge is 0.450 e. The summed E-state index contributed by atoms with van der Waals surface area (Å²) in [5.74, 6) is -2.28. The molecule has 0 aromatic heterocycles. The zero-order chi connectivity index (χ0) is 9.64. The van der Waals surface area contributed by atoms with Crippen molar-refractivity contribution in [3.8, 4) is 0 Å². The van der Waals surface area contributed by atoms with Gasteiger partial charge in [-0.3, -0.25) is 4.79 Å². The molecule has 2 aliphatic carbocycles. The normalized spacial score (nSPS) is 37.0. The molecule has 0 aromatic carbocycles. The zero-order valence-corrected chi connectivity index (χ0v) is 6.84. The molecule has 13 heavy (non-hydrogen) atoms. The molecule has 2 bridgehead atoms. The molecule has 0 heterocycles. The summed E-state index contributed by atoms with van der Waals surface area (Å²) in [5, 5.41) is 0. The number of carbonyl (C=O) groups is 1. The first-order valence-corrected chi connectivity index (χ1v) is 4.28. The molecule has 0 radical (unpaired) electrons. The monoisotopic (exact) mass is 190 g/mol. The molecule has 72 valence electrons. The second-order valence-electron chi connectivity index (χ2n) is 3.75. The second-order valence-corrected chi connectivity index (χ2v) is 3.75. The summed E-state index contributed by atoms with van der Waals surface area (Å²) >= 11 is 0. The van der Waals surface area contributed by atoms with Crippen LogP contribution in [0.5, 0.6) is 0 Å². The summed E-state index contributed by atoms with van der Waals surface area (Å²) in [6.45, 7) is 0. The number of carbonyl (C=O) groups excluding carboxylic acids is 1. The Hall–Kier alpha value is -0.800. The third kappa shape index (κ3) is 1.38. The topological polar surface area (TPSA) is 17.1 Å². The van der Waals surface area contributed by atoms with Gasteiger partial charge in [-0.25, -0.2) is 0 Å². The third-order valence-corrected chi connectivity index (χ3v) is 2.90. The van der Waals surface area contributed by atoms with Gasteiger partial charge in [0.05, 0.1) is 0 Å². The lowest BCUT2D eigenvalue weighted by Crippen LogP contribution is -2.32. The van der Waals surface area contributed by atoms with E-state index in [2.05, 4.69) is 0 Å². The first kappa shape index (κ1) is 8.78. The molecule has 1 nitrogen and oxygen atoms in total. The Morgan fingerprint density at radius 2 is 1.92 bits per heavy atom. The fourth-order valence-electron chi connectivity index (χ4n) is 2.29. The number of ketones is 1. The van der Waals surface area contributed by atoms with E-state index < -0.39 is 17.9 Å². The Kier molecular flexibility index (Phi) is 1.75. The highest BCUT2D eigenvalue weighted by molar-refractivity contribution is 5.87. The lowest BCUT2D eigenvalue weighted by Gasteiger charge is -2.17. The van der Waals surface area contributed by atoms with Gasteiger partial charge in [0.2, 0.25) is 5.78 Å². The molecule has 3 atom stereocenters. The number of hydrogen-bond donors (Lipinski definition) is 0. The lowest BCUT2D eigenvalue weighted by atomic mass is 9.89. The standard InChI is InChI=1S/C9H9F3O/c10-9(11,12)8(13)7-4-5-1-2-6(7)3-5/h1-2,5-7H,3-4H2/t5-,6+,7?/m1/s1. The number of rotatable bonds is 1. The SMILES string of the molecule is O=C(C1C[C@@H]2C=C[C@H]1C2)C(F)(F)F. The molecule has 1 unspecified atom stereocenters. The van der Waals surface area contributed by atoms with Crippen LogP contribution >= 0.6 is 0 Å². The highest BCUT2D eigenvalue weighted by Crippen LogP contribution is 2.45. The molecule has 4 heteroatoms. The average molecular weight is 190 g/mol. The van der Waals surface area contributed by atoms with Crippen molar-refractivity contribution in [3.05, 3.63) is 12.2 Å². The number of allylic oxidation sites excluding steroid dienone is 2. The van der Waals surface area contributed by atoms with Crippen LogP contribution in [0, 0.1) is 17.8 Å². The predicted molar refractivity (Wildman–Crippen MR) is 39.9 cm³/mol. The molecule has 0 amide bonds. The van der Waals surface area contributed by atoms with Gasteiger partial charge >= 0.3 is 6.18 Å². The van der Waals surface area contributed by atoms with Crippen molar-refractivity contribution in [1.29, 1.82) is 0 Å². The minimum atomic E-state index is -4.65. The number of halogens is 3. The van der Waals surface area contributed by atoms with Gasteiger partial charge in [-0.1, -0.05) is 12.2 Å². The molecular weight excluding hydrogens is 181 g/mol. The van der Waals surface area contributed by atoms with Crippen molar-refractivity contribution in [1.82, 2.24) is 0 Å². The summed E-state index contributed by atoms with van der Waals surface area (Å²) < 4.78 is 36.2. The molecule has 0 aliphatic heterocycles. The van der Waals surface area contributed by atoms with Crippen molar-refractivity contribution in [2.45, 2.75) is 19.0 Å². The molecule has 2 rings (SSSR count). The Labute approximate surface area is 73.6 Å². The Bertz CT molecular complexity index is 267. The molecule has 0 aromatic rings. The maximum atomic E-state index is 12.1. The molecule has 1 saturated carbocycles. The first-order chi connectivity index (χ1) is 5.98. The van der Waals surface area contributed by atoms with Crippen LogP contribution in [0.4, 0.5) is 13.2 Å². The van der Waals surface area contributed by atoms with E-state index in [9.17, 15) is 18.0 Å². The molecule has 1 fully saturated rings. The number of hydrogen-bond acceptors (Lipinski definition) is 1. The summed E-state index contributed by atoms with van der Waals surface area (Å²) in [7, 11) is 0. The van der Waals surface area contributed by atoms with Crippen molar-refractivity contribution >= 4 is 5.78 Å². The van der Waals surface area contributed by atoms with Crippen molar-refractivity contribution in [2.24, 2.45) is 17.8 Å². The quantitative estimate of drug-likeness (QED) is 0.580. The molecule has 0 spiro atoms. The third-order valence-electron chi connectivity index (χ3n) is 2.90. The van der Waals surface area contributed by atoms with Crippen LogP contribution in [0.25, 0.3) is 0 Å². The Morgan fingerprint density at radius 3 is 2.31 bits per heavy atom. The van der Waals surface area contributed by atoms with Crippen LogP contribution in [0.3, 0.4) is 0 Å². The van der Waals surface area contributed by atoms with Gasteiger partial charge in [0.25, 0.3) is 0 Å². The lowest BCUT2D eigenvalue weighted by molar-refractivity contribution is -0.176. The molecule has 2 aliphatic rings. The van der Waals surface area contributed by atoms with Crippen molar-refractivity contribution in [2.75, 3.05) is 0 Å². The van der Waals surface area contributed by atoms with Crippen LogP contribution in [0.2, 0.25) is 0 Å². The number of alkyl halides is 3. The molecule has 0 N–H and O–H groups in total. The van der Waals surface area contributed by atoms with Crippen molar-refractivity contribution in [3.63, 3.8) is 0 Å². The molecule has 0 saturated heterocycles. The van der Waals surface area contributed by atoms with E-state index in [0.717, 1.165) is 6.42 Å². The smallest absolute Gasteiger partial charge is 0.289 e. The fourth-order valence-corrected chi connectivity index (χ4v) is 2.29. The highest BCUT2D eigenvalue weighted by atomic mass is 19.4. The summed E-state index contributed by atoms with van der Waals surface area (Å²) in [6, 6.07) is 0. The Balaban J connectivity index is 2.12. The zero-order valence-electron chi connectivity index (χ0n) is 6.84. The minimum Gasteiger partial charge on any atom is -0.289 e. The van der Waals surface area contributed by atoms with Gasteiger partial charge in [-0.2, -0.15) is 13.2 Å².